The van der Waals surface area contributed by atoms with E-state index in [0.717, 1.165) is 60.7 Å². The molecular weight excluding hydrogens is 507 g/mol. The molecule has 5 heterocycles. The topological polar surface area (TPSA) is 54.1 Å². The maximum atomic E-state index is 6.58. The van der Waals surface area contributed by atoms with E-state index in [2.05, 4.69) is 116 Å². The van der Waals surface area contributed by atoms with E-state index in [1.165, 1.54) is 0 Å². The third kappa shape index (κ3) is 3.52. The van der Waals surface area contributed by atoms with Crippen LogP contribution in [0.2, 0.25) is 0 Å². The molecule has 0 amide bonds. The van der Waals surface area contributed by atoms with Gasteiger partial charge in [-0.1, -0.05) is 36.4 Å². The summed E-state index contributed by atoms with van der Waals surface area (Å²) in [6.45, 7) is 8.37. The van der Waals surface area contributed by atoms with Gasteiger partial charge in [-0.2, -0.15) is 0 Å². The Hall–Kier alpha value is -4.46. The molecule has 4 aromatic heterocycles. The number of para-hydroxylation sites is 2. The van der Waals surface area contributed by atoms with Gasteiger partial charge in [0.25, 0.3) is 0 Å². The minimum absolute atomic E-state index is 0.457. The number of hydrogen-bond acceptors (Lipinski definition) is 4. The Morgan fingerprint density at radius 3 is 1.49 bits per heavy atom. The lowest BCUT2D eigenvalue weighted by Crippen LogP contribution is -2.41. The Morgan fingerprint density at radius 1 is 0.561 bits per heavy atom. The van der Waals surface area contributed by atoms with Gasteiger partial charge in [0.15, 0.2) is 0 Å². The fourth-order valence-corrected chi connectivity index (χ4v) is 6.11. The van der Waals surface area contributed by atoms with E-state index >= 15 is 0 Å². The first kappa shape index (κ1) is 24.4. The third-order valence-electron chi connectivity index (χ3n) is 8.82. The Labute approximate surface area is 238 Å². The lowest BCUT2D eigenvalue weighted by molar-refractivity contribution is 0.00578. The van der Waals surface area contributed by atoms with E-state index in [-0.39, 0.29) is 0 Å². The molecule has 1 aliphatic heterocycles. The summed E-state index contributed by atoms with van der Waals surface area (Å²) >= 11 is 0. The van der Waals surface area contributed by atoms with Crippen LogP contribution in [0.1, 0.15) is 27.7 Å². The molecule has 7 aromatic rings. The summed E-state index contributed by atoms with van der Waals surface area (Å²) in [5.41, 5.74) is 8.33. The van der Waals surface area contributed by atoms with E-state index in [9.17, 15) is 0 Å². The summed E-state index contributed by atoms with van der Waals surface area (Å²) in [5, 5.41) is 2.23. The predicted molar refractivity (Wildman–Crippen MR) is 166 cm³/mol. The largest absolute Gasteiger partial charge is 0.494 e. The van der Waals surface area contributed by atoms with Crippen LogP contribution in [0.5, 0.6) is 0 Å². The average Bonchev–Trinajstić information content (AvgIpc) is 3.57. The molecule has 6 nitrogen and oxygen atoms in total. The van der Waals surface area contributed by atoms with E-state index in [0.29, 0.717) is 0 Å². The Kier molecular flexibility index (Phi) is 5.06. The van der Waals surface area contributed by atoms with Gasteiger partial charge >= 0.3 is 7.12 Å². The maximum Gasteiger partial charge on any atom is 0.494 e. The van der Waals surface area contributed by atoms with Crippen LogP contribution in [0.4, 0.5) is 0 Å². The van der Waals surface area contributed by atoms with Crippen LogP contribution < -0.4 is 5.46 Å². The molecule has 7 heteroatoms. The SMILES string of the molecule is CC1(C)OB(c2cc(-n3c4ccccc4c4ncccc43)cc(-n3c4ccccc4c4ncccc43)c2)OC1(C)C. The van der Waals surface area contributed by atoms with Crippen molar-refractivity contribution < 1.29 is 9.31 Å². The van der Waals surface area contributed by atoms with Crippen LogP contribution in [0.15, 0.2) is 103 Å². The Balaban J connectivity index is 1.46. The predicted octanol–water partition coefficient (Wildman–Crippen LogP) is 6.97. The first-order valence-corrected chi connectivity index (χ1v) is 14.0. The van der Waals surface area contributed by atoms with Gasteiger partial charge < -0.3 is 18.4 Å². The normalized spacial score (nSPS) is 16.4. The first-order chi connectivity index (χ1) is 19.8. The molecule has 200 valence electrons. The van der Waals surface area contributed by atoms with E-state index in [4.69, 9.17) is 19.3 Å². The fraction of sp³-hybridized carbons (Fsp3) is 0.176. The van der Waals surface area contributed by atoms with Gasteiger partial charge in [0.05, 0.1) is 44.3 Å². The van der Waals surface area contributed by atoms with Crippen LogP contribution in [0.3, 0.4) is 0 Å². The van der Waals surface area contributed by atoms with Gasteiger partial charge in [0.2, 0.25) is 0 Å². The highest BCUT2D eigenvalue weighted by Gasteiger charge is 2.51. The van der Waals surface area contributed by atoms with Gasteiger partial charge in [-0.05, 0) is 87.8 Å². The molecule has 0 aliphatic carbocycles. The highest BCUT2D eigenvalue weighted by molar-refractivity contribution is 6.62. The van der Waals surface area contributed by atoms with E-state index in [1.807, 2.05) is 24.5 Å². The van der Waals surface area contributed by atoms with Crippen LogP contribution in [-0.4, -0.2) is 37.4 Å². The Bertz CT molecular complexity index is 1890. The quantitative estimate of drug-likeness (QED) is 0.229. The van der Waals surface area contributed by atoms with Crippen molar-refractivity contribution in [3.63, 3.8) is 0 Å². The van der Waals surface area contributed by atoms with Crippen molar-refractivity contribution in [1.82, 2.24) is 19.1 Å². The number of pyridine rings is 2. The minimum Gasteiger partial charge on any atom is -0.399 e. The molecule has 0 N–H and O–H groups in total. The molecular formula is C34H29BN4O2. The van der Waals surface area contributed by atoms with Gasteiger partial charge in [-0.25, -0.2) is 0 Å². The lowest BCUT2D eigenvalue weighted by atomic mass is 9.78. The summed E-state index contributed by atoms with van der Waals surface area (Å²) < 4.78 is 17.7. The van der Waals surface area contributed by atoms with Crippen LogP contribution in [-0.2, 0) is 9.31 Å². The van der Waals surface area contributed by atoms with Crippen molar-refractivity contribution in [2.45, 2.75) is 38.9 Å². The van der Waals surface area contributed by atoms with Crippen molar-refractivity contribution in [3.05, 3.63) is 103 Å². The molecule has 1 fully saturated rings. The van der Waals surface area contributed by atoms with Crippen LogP contribution in [0.25, 0.3) is 55.2 Å². The zero-order valence-corrected chi connectivity index (χ0v) is 23.5. The molecule has 3 aromatic carbocycles. The van der Waals surface area contributed by atoms with Gasteiger partial charge in [-0.15, -0.1) is 0 Å². The monoisotopic (exact) mass is 536 g/mol. The summed E-state index contributed by atoms with van der Waals surface area (Å²) in [6.07, 6.45) is 3.72. The van der Waals surface area contributed by atoms with E-state index in [1.54, 1.807) is 0 Å². The standard InChI is InChI=1S/C34H29BN4O2/c1-33(2)34(3,4)41-35(40-33)22-19-23(38-27-13-7-5-11-25(27)31-29(38)15-9-17-36-31)21-24(20-22)39-28-14-8-6-12-26(28)32-30(39)16-10-18-37-32/h5-21H,1-4H3. The smallest absolute Gasteiger partial charge is 0.399 e. The highest BCUT2D eigenvalue weighted by Crippen LogP contribution is 2.38. The molecule has 0 saturated carbocycles. The second kappa shape index (κ2) is 8.52. The number of hydrogen-bond donors (Lipinski definition) is 0. The van der Waals surface area contributed by atoms with Crippen molar-refractivity contribution in [3.8, 4) is 11.4 Å². The van der Waals surface area contributed by atoms with Crippen molar-refractivity contribution in [2.75, 3.05) is 0 Å². The first-order valence-electron chi connectivity index (χ1n) is 14.0. The van der Waals surface area contributed by atoms with Crippen molar-refractivity contribution in [2.24, 2.45) is 0 Å². The third-order valence-corrected chi connectivity index (χ3v) is 8.82. The van der Waals surface area contributed by atoms with Crippen molar-refractivity contribution in [1.29, 1.82) is 0 Å². The molecule has 0 radical (unpaired) electrons. The second-order valence-electron chi connectivity index (χ2n) is 11.8. The fourth-order valence-electron chi connectivity index (χ4n) is 6.11. The number of benzene rings is 3. The average molecular weight is 536 g/mol. The number of aromatic nitrogens is 4. The zero-order valence-electron chi connectivity index (χ0n) is 23.5. The zero-order chi connectivity index (χ0) is 27.9. The molecule has 0 spiro atoms. The molecule has 8 rings (SSSR count). The maximum absolute atomic E-state index is 6.58. The summed E-state index contributed by atoms with van der Waals surface area (Å²) in [5.74, 6) is 0. The van der Waals surface area contributed by atoms with Crippen LogP contribution >= 0.6 is 0 Å². The molecule has 1 saturated heterocycles. The highest BCUT2D eigenvalue weighted by atomic mass is 16.7. The van der Waals surface area contributed by atoms with Crippen LogP contribution in [0, 0.1) is 0 Å². The summed E-state index contributed by atoms with van der Waals surface area (Å²) in [7, 11) is -0.517. The molecule has 1 aliphatic rings. The summed E-state index contributed by atoms with van der Waals surface area (Å²) in [4.78, 5) is 9.53. The summed E-state index contributed by atoms with van der Waals surface area (Å²) in [6, 6.07) is 31.8. The number of fused-ring (bicyclic) bond motifs is 6. The van der Waals surface area contributed by atoms with Gasteiger partial charge in [0.1, 0.15) is 0 Å². The Morgan fingerprint density at radius 2 is 1.00 bits per heavy atom. The molecule has 0 bridgehead atoms. The van der Waals surface area contributed by atoms with E-state index < -0.39 is 18.3 Å². The molecule has 0 unspecified atom stereocenters. The lowest BCUT2D eigenvalue weighted by Gasteiger charge is -2.32. The van der Waals surface area contributed by atoms with Gasteiger partial charge in [-0.3, -0.25) is 9.97 Å². The minimum atomic E-state index is -0.517. The molecule has 41 heavy (non-hydrogen) atoms. The number of nitrogens with zero attached hydrogens (tertiary/aromatic N) is 4. The van der Waals surface area contributed by atoms with Gasteiger partial charge in [0, 0.05) is 34.5 Å². The van der Waals surface area contributed by atoms with Crippen molar-refractivity contribution >= 4 is 56.5 Å². The number of rotatable bonds is 3. The second-order valence-corrected chi connectivity index (χ2v) is 11.8. The molecule has 0 atom stereocenters.